The number of ether oxygens (including phenoxy) is 1. The molecule has 0 radical (unpaired) electrons. The van der Waals surface area contributed by atoms with Crippen LogP contribution in [0, 0.1) is 0 Å². The fraction of sp³-hybridized carbons (Fsp3) is 0.524. The fourth-order valence-electron chi connectivity index (χ4n) is 3.48. The van der Waals surface area contributed by atoms with E-state index in [0.29, 0.717) is 0 Å². The summed E-state index contributed by atoms with van der Waals surface area (Å²) >= 11 is 1.90. The maximum Gasteiger partial charge on any atom is 0.161 e. The molecule has 2 heterocycles. The molecule has 0 spiro atoms. The van der Waals surface area contributed by atoms with Gasteiger partial charge in [0.15, 0.2) is 5.82 Å². The van der Waals surface area contributed by atoms with Gasteiger partial charge in [0.1, 0.15) is 5.82 Å². The maximum absolute atomic E-state index is 8.92. The molecule has 0 atom stereocenters. The Morgan fingerprint density at radius 3 is 2.57 bits per heavy atom. The Kier molecular flexibility index (Phi) is 6.04. The molecule has 1 aromatic carbocycles. The van der Waals surface area contributed by atoms with Crippen molar-refractivity contribution < 1.29 is 9.84 Å². The van der Waals surface area contributed by atoms with Gasteiger partial charge in [-0.2, -0.15) is 11.8 Å². The monoisotopic (exact) mass is 400 g/mol. The molecule has 2 fully saturated rings. The van der Waals surface area contributed by atoms with Gasteiger partial charge in [-0.1, -0.05) is 0 Å². The van der Waals surface area contributed by atoms with E-state index >= 15 is 0 Å². The molecule has 2 aliphatic rings. The molecule has 1 saturated heterocycles. The minimum Gasteiger partial charge on any atom is -0.396 e. The first-order chi connectivity index (χ1) is 13.7. The third kappa shape index (κ3) is 4.26. The lowest BCUT2D eigenvalue weighted by Gasteiger charge is -2.29. The summed E-state index contributed by atoms with van der Waals surface area (Å²) in [6.07, 6.45) is 5.28. The second-order valence-corrected chi connectivity index (χ2v) is 8.50. The molecule has 4 rings (SSSR count). The number of benzene rings is 1. The van der Waals surface area contributed by atoms with Gasteiger partial charge in [0.25, 0.3) is 0 Å². The molecule has 0 unspecified atom stereocenters. The van der Waals surface area contributed by atoms with E-state index in [2.05, 4.69) is 46.8 Å². The number of nitrogens with one attached hydrogen (secondary N) is 1. The van der Waals surface area contributed by atoms with Gasteiger partial charge in [0, 0.05) is 43.6 Å². The van der Waals surface area contributed by atoms with Crippen molar-refractivity contribution in [1.29, 1.82) is 0 Å². The van der Waals surface area contributed by atoms with Gasteiger partial charge in [-0.15, -0.1) is 0 Å². The van der Waals surface area contributed by atoms with Crippen molar-refractivity contribution in [3.8, 4) is 11.4 Å². The number of hydrogen-bond acceptors (Lipinski definition) is 7. The summed E-state index contributed by atoms with van der Waals surface area (Å²) in [5.41, 5.74) is 3.22. The van der Waals surface area contributed by atoms with E-state index in [-0.39, 0.29) is 11.4 Å². The molecule has 1 aliphatic carbocycles. The molecule has 0 bridgehead atoms. The van der Waals surface area contributed by atoms with Crippen LogP contribution >= 0.6 is 11.8 Å². The van der Waals surface area contributed by atoms with E-state index in [4.69, 9.17) is 19.8 Å². The lowest BCUT2D eigenvalue weighted by Crippen LogP contribution is -2.37. The number of rotatable bonds is 8. The van der Waals surface area contributed by atoms with E-state index < -0.39 is 0 Å². The number of anilines is 2. The normalized spacial score (nSPS) is 18.1. The third-order valence-electron chi connectivity index (χ3n) is 5.42. The largest absolute Gasteiger partial charge is 0.396 e. The number of nitrogens with zero attached hydrogens (tertiary/aromatic N) is 3. The highest BCUT2D eigenvalue weighted by atomic mass is 32.2. The van der Waals surface area contributed by atoms with Gasteiger partial charge in [-0.25, -0.2) is 9.97 Å². The highest BCUT2D eigenvalue weighted by molar-refractivity contribution is 7.99. The van der Waals surface area contributed by atoms with Crippen LogP contribution in [-0.4, -0.2) is 60.8 Å². The Bertz CT molecular complexity index is 789. The number of hydrogen-bond donors (Lipinski definition) is 2. The van der Waals surface area contributed by atoms with Crippen molar-refractivity contribution >= 4 is 23.3 Å². The molecule has 7 heteroatoms. The molecule has 1 aliphatic heterocycles. The Balaban J connectivity index is 1.62. The molecular formula is C21H28N4O2S. The lowest BCUT2D eigenvalue weighted by atomic mass is 10.1. The smallest absolute Gasteiger partial charge is 0.161 e. The zero-order valence-corrected chi connectivity index (χ0v) is 17.2. The Morgan fingerprint density at radius 2 is 1.93 bits per heavy atom. The standard InChI is InChI=1S/C21H28N4O2S/c1-28-21(7-8-21)18-15-19(25-10-13-27-14-11-25)24-20(23-18)16-3-5-17(6-4-16)22-9-2-12-26/h3-6,15,22,26H,2,7-14H2,1H3. The molecule has 0 amide bonds. The molecule has 28 heavy (non-hydrogen) atoms. The zero-order chi connectivity index (χ0) is 19.4. The molecular weight excluding hydrogens is 372 g/mol. The summed E-state index contributed by atoms with van der Waals surface area (Å²) in [5.74, 6) is 1.80. The van der Waals surface area contributed by atoms with Crippen molar-refractivity contribution in [3.05, 3.63) is 36.0 Å². The van der Waals surface area contributed by atoms with Crippen molar-refractivity contribution in [2.45, 2.75) is 24.0 Å². The van der Waals surface area contributed by atoms with Crippen LogP contribution in [0.3, 0.4) is 0 Å². The highest BCUT2D eigenvalue weighted by Crippen LogP contribution is 2.55. The van der Waals surface area contributed by atoms with E-state index in [1.54, 1.807) is 0 Å². The van der Waals surface area contributed by atoms with E-state index in [1.807, 2.05) is 11.8 Å². The van der Waals surface area contributed by atoms with E-state index in [9.17, 15) is 0 Å². The van der Waals surface area contributed by atoms with Crippen molar-refractivity contribution in [2.75, 3.05) is 55.9 Å². The Hall–Kier alpha value is -1.83. The minimum absolute atomic E-state index is 0.157. The van der Waals surface area contributed by atoms with Gasteiger partial charge < -0.3 is 20.1 Å². The predicted octanol–water partition coefficient (Wildman–Crippen LogP) is 3.13. The molecule has 1 aromatic heterocycles. The predicted molar refractivity (Wildman–Crippen MR) is 115 cm³/mol. The molecule has 2 N–H and O–H groups in total. The summed E-state index contributed by atoms with van der Waals surface area (Å²) in [5, 5.41) is 12.2. The van der Waals surface area contributed by atoms with Crippen LogP contribution in [0.5, 0.6) is 0 Å². The van der Waals surface area contributed by atoms with Crippen LogP contribution in [-0.2, 0) is 9.48 Å². The minimum atomic E-state index is 0.157. The average Bonchev–Trinajstić information content (AvgIpc) is 3.56. The van der Waals surface area contributed by atoms with Gasteiger partial charge in [-0.05, 0) is 49.8 Å². The topological polar surface area (TPSA) is 70.5 Å². The summed E-state index contributed by atoms with van der Waals surface area (Å²) in [6.45, 7) is 4.20. The number of aromatic nitrogens is 2. The zero-order valence-electron chi connectivity index (χ0n) is 16.4. The number of aliphatic hydroxyl groups is 1. The van der Waals surface area contributed by atoms with Crippen LogP contribution < -0.4 is 10.2 Å². The number of aliphatic hydroxyl groups excluding tert-OH is 1. The number of morpholine rings is 1. The second kappa shape index (κ2) is 8.68. The van der Waals surface area contributed by atoms with Crippen LogP contribution in [0.4, 0.5) is 11.5 Å². The van der Waals surface area contributed by atoms with Gasteiger partial charge >= 0.3 is 0 Å². The first kappa shape index (κ1) is 19.5. The first-order valence-electron chi connectivity index (χ1n) is 9.97. The second-order valence-electron chi connectivity index (χ2n) is 7.31. The number of thioether (sulfide) groups is 1. The average molecular weight is 401 g/mol. The van der Waals surface area contributed by atoms with Crippen LogP contribution in [0.2, 0.25) is 0 Å². The highest BCUT2D eigenvalue weighted by Gasteiger charge is 2.45. The van der Waals surface area contributed by atoms with Crippen molar-refractivity contribution in [3.63, 3.8) is 0 Å². The summed E-state index contributed by atoms with van der Waals surface area (Å²) in [7, 11) is 0. The van der Waals surface area contributed by atoms with Gasteiger partial charge in [0.2, 0.25) is 0 Å². The first-order valence-corrected chi connectivity index (χ1v) is 11.2. The summed E-state index contributed by atoms with van der Waals surface area (Å²) in [6, 6.07) is 10.4. The maximum atomic E-state index is 8.92. The van der Waals surface area contributed by atoms with E-state index in [0.717, 1.165) is 67.9 Å². The van der Waals surface area contributed by atoms with Gasteiger partial charge in [0.05, 0.1) is 23.7 Å². The van der Waals surface area contributed by atoms with Crippen LogP contribution in [0.25, 0.3) is 11.4 Å². The SMILES string of the molecule is CSC1(c2cc(N3CCOCC3)nc(-c3ccc(NCCCO)cc3)n2)CC1. The third-order valence-corrected chi connectivity index (χ3v) is 6.82. The van der Waals surface area contributed by atoms with Crippen molar-refractivity contribution in [1.82, 2.24) is 9.97 Å². The quantitative estimate of drug-likeness (QED) is 0.660. The van der Waals surface area contributed by atoms with E-state index in [1.165, 1.54) is 12.8 Å². The van der Waals surface area contributed by atoms with Crippen LogP contribution in [0.15, 0.2) is 30.3 Å². The summed E-state index contributed by atoms with van der Waals surface area (Å²) in [4.78, 5) is 12.2. The fourth-order valence-corrected chi connectivity index (χ4v) is 4.30. The van der Waals surface area contributed by atoms with Gasteiger partial charge in [-0.3, -0.25) is 0 Å². The molecule has 1 saturated carbocycles. The molecule has 150 valence electrons. The van der Waals surface area contributed by atoms with Crippen LogP contribution in [0.1, 0.15) is 25.0 Å². The van der Waals surface area contributed by atoms with Crippen molar-refractivity contribution in [2.24, 2.45) is 0 Å². The molecule has 2 aromatic rings. The Labute approximate surface area is 170 Å². The lowest BCUT2D eigenvalue weighted by molar-refractivity contribution is 0.122. The summed E-state index contributed by atoms with van der Waals surface area (Å²) < 4.78 is 5.67. The molecule has 6 nitrogen and oxygen atoms in total. The Morgan fingerprint density at radius 1 is 1.18 bits per heavy atom.